The molecule has 0 saturated carbocycles. The summed E-state index contributed by atoms with van der Waals surface area (Å²) < 4.78 is 5.82. The molecule has 1 aromatic rings. The van der Waals surface area contributed by atoms with Crippen molar-refractivity contribution in [2.24, 2.45) is 28.6 Å². The second-order valence-corrected chi connectivity index (χ2v) is 11.0. The van der Waals surface area contributed by atoms with E-state index in [0.717, 1.165) is 12.8 Å². The maximum Gasteiger partial charge on any atom is 0.312 e. The zero-order valence-electron chi connectivity index (χ0n) is 20.9. The van der Waals surface area contributed by atoms with Crippen molar-refractivity contribution in [2.75, 3.05) is 0 Å². The van der Waals surface area contributed by atoms with Crippen LogP contribution in [0.5, 0.6) is 0 Å². The first-order valence-electron chi connectivity index (χ1n) is 11.8. The number of hydrogen-bond donors (Lipinski definition) is 1. The molecule has 2 unspecified atom stereocenters. The number of rotatable bonds is 10. The van der Waals surface area contributed by atoms with Crippen LogP contribution in [0, 0.1) is 28.6 Å². The number of carboxylic acid groups (broad SMARTS) is 1. The number of hydrogen-bond acceptors (Lipinski definition) is 5. The zero-order chi connectivity index (χ0) is 25.1. The predicted octanol–water partition coefficient (Wildman–Crippen LogP) is 5.58. The highest BCUT2D eigenvalue weighted by Crippen LogP contribution is 2.40. The van der Waals surface area contributed by atoms with Gasteiger partial charge in [-0.05, 0) is 52.4 Å². The van der Waals surface area contributed by atoms with Gasteiger partial charge in [-0.1, -0.05) is 57.9 Å². The Balaban J connectivity index is 2.43. The Hall–Kier alpha value is -2.50. The lowest BCUT2D eigenvalue weighted by Crippen LogP contribution is -2.49. The molecule has 1 aliphatic carbocycles. The number of carbonyl (C=O) groups excluding carboxylic acids is 3. The second kappa shape index (κ2) is 10.2. The molecule has 0 saturated heterocycles. The number of esters is 1. The standard InChI is InChI=1S/C27H38O6/c1-8-17(14-13-16(2)3)20-21(28)18-11-9-10-12-19(18)22(29)23(20)33-25(32)27(6,7)15-26(4,5)24(30)31/h9-12,16-17,20,23H,8,13-15H2,1-7H3,(H,30,31)/t17?,20-,23?/m0/s1. The van der Waals surface area contributed by atoms with Crippen molar-refractivity contribution in [2.45, 2.75) is 80.3 Å². The molecule has 0 spiro atoms. The van der Waals surface area contributed by atoms with Gasteiger partial charge in [0.2, 0.25) is 5.78 Å². The lowest BCUT2D eigenvalue weighted by molar-refractivity contribution is -0.164. The maximum atomic E-state index is 13.5. The van der Waals surface area contributed by atoms with E-state index in [1.165, 1.54) is 0 Å². The first-order chi connectivity index (χ1) is 15.2. The number of benzene rings is 1. The van der Waals surface area contributed by atoms with Gasteiger partial charge in [-0.25, -0.2) is 0 Å². The van der Waals surface area contributed by atoms with E-state index in [1.54, 1.807) is 52.0 Å². The molecule has 0 amide bonds. The van der Waals surface area contributed by atoms with Crippen LogP contribution >= 0.6 is 0 Å². The van der Waals surface area contributed by atoms with E-state index in [2.05, 4.69) is 13.8 Å². The number of carbonyl (C=O) groups is 4. The predicted molar refractivity (Wildman–Crippen MR) is 126 cm³/mol. The number of ether oxygens (including phenoxy) is 1. The molecule has 1 N–H and O–H groups in total. The van der Waals surface area contributed by atoms with Crippen LogP contribution in [0.1, 0.15) is 94.9 Å². The van der Waals surface area contributed by atoms with E-state index in [1.807, 2.05) is 6.92 Å². The van der Waals surface area contributed by atoms with Gasteiger partial charge in [0.25, 0.3) is 0 Å². The summed E-state index contributed by atoms with van der Waals surface area (Å²) in [5.74, 6) is -2.61. The van der Waals surface area contributed by atoms with E-state index < -0.39 is 34.8 Å². The van der Waals surface area contributed by atoms with Gasteiger partial charge < -0.3 is 9.84 Å². The minimum atomic E-state index is -1.20. The fourth-order valence-corrected chi connectivity index (χ4v) is 4.85. The van der Waals surface area contributed by atoms with Gasteiger partial charge in [-0.15, -0.1) is 0 Å². The molecule has 6 heteroatoms. The van der Waals surface area contributed by atoms with Crippen LogP contribution in [-0.2, 0) is 14.3 Å². The highest BCUT2D eigenvalue weighted by atomic mass is 16.5. The average molecular weight is 459 g/mol. The van der Waals surface area contributed by atoms with Crippen molar-refractivity contribution in [3.63, 3.8) is 0 Å². The average Bonchev–Trinajstić information content (AvgIpc) is 2.72. The van der Waals surface area contributed by atoms with Gasteiger partial charge in [0, 0.05) is 11.1 Å². The summed E-state index contributed by atoms with van der Waals surface area (Å²) in [5.41, 5.74) is -1.63. The number of Topliss-reactive ketones (excluding diaryl/α,β-unsaturated/α-hetero) is 2. The minimum Gasteiger partial charge on any atom is -0.481 e. The summed E-state index contributed by atoms with van der Waals surface area (Å²) in [5, 5.41) is 9.49. The third-order valence-electron chi connectivity index (χ3n) is 6.74. The van der Waals surface area contributed by atoms with Crippen LogP contribution in [0.2, 0.25) is 0 Å². The Kier molecular flexibility index (Phi) is 8.26. The van der Waals surface area contributed by atoms with E-state index in [4.69, 9.17) is 4.74 Å². The molecular weight excluding hydrogens is 420 g/mol. The molecule has 1 aromatic carbocycles. The molecule has 0 fully saturated rings. The Morgan fingerprint density at radius 1 is 0.970 bits per heavy atom. The zero-order valence-corrected chi connectivity index (χ0v) is 20.9. The summed E-state index contributed by atoms with van der Waals surface area (Å²) in [4.78, 5) is 51.9. The van der Waals surface area contributed by atoms with Crippen molar-refractivity contribution in [1.82, 2.24) is 0 Å². The summed E-state index contributed by atoms with van der Waals surface area (Å²) in [6.07, 6.45) is 1.17. The number of ketones is 2. The minimum absolute atomic E-state index is 0.0365. The SMILES string of the molecule is CCC(CCC(C)C)[C@H]1C(=O)c2ccccc2C(=O)C1OC(=O)C(C)(C)CC(C)(C)C(=O)O. The molecule has 0 bridgehead atoms. The van der Waals surface area contributed by atoms with Crippen molar-refractivity contribution < 1.29 is 29.0 Å². The molecule has 2 rings (SSSR count). The smallest absolute Gasteiger partial charge is 0.312 e. The largest absolute Gasteiger partial charge is 0.481 e. The van der Waals surface area contributed by atoms with Gasteiger partial charge in [-0.2, -0.15) is 0 Å². The van der Waals surface area contributed by atoms with Gasteiger partial charge in [-0.3, -0.25) is 19.2 Å². The van der Waals surface area contributed by atoms with Crippen LogP contribution in [0.3, 0.4) is 0 Å². The number of carboxylic acids is 1. The normalized spacial score (nSPS) is 19.9. The molecule has 0 aliphatic heterocycles. The Morgan fingerprint density at radius 3 is 2.00 bits per heavy atom. The van der Waals surface area contributed by atoms with Crippen molar-refractivity contribution in [3.05, 3.63) is 35.4 Å². The molecule has 0 aromatic heterocycles. The monoisotopic (exact) mass is 458 g/mol. The van der Waals surface area contributed by atoms with Gasteiger partial charge in [0.05, 0.1) is 16.7 Å². The van der Waals surface area contributed by atoms with Crippen LogP contribution in [-0.4, -0.2) is 34.7 Å². The van der Waals surface area contributed by atoms with Crippen molar-refractivity contribution in [1.29, 1.82) is 0 Å². The van der Waals surface area contributed by atoms with Gasteiger partial charge >= 0.3 is 11.9 Å². The molecule has 33 heavy (non-hydrogen) atoms. The van der Waals surface area contributed by atoms with E-state index in [9.17, 15) is 24.3 Å². The molecule has 0 radical (unpaired) electrons. The second-order valence-electron chi connectivity index (χ2n) is 11.0. The van der Waals surface area contributed by atoms with Gasteiger partial charge in [0.1, 0.15) is 0 Å². The van der Waals surface area contributed by atoms with Crippen LogP contribution in [0.4, 0.5) is 0 Å². The van der Waals surface area contributed by atoms with Crippen molar-refractivity contribution in [3.8, 4) is 0 Å². The first-order valence-corrected chi connectivity index (χ1v) is 11.8. The lowest BCUT2D eigenvalue weighted by atomic mass is 9.70. The molecule has 3 atom stereocenters. The summed E-state index contributed by atoms with van der Waals surface area (Å²) in [7, 11) is 0. The Morgan fingerprint density at radius 2 is 1.52 bits per heavy atom. The van der Waals surface area contributed by atoms with Crippen LogP contribution < -0.4 is 0 Å². The number of aliphatic carboxylic acids is 1. The summed E-state index contributed by atoms with van der Waals surface area (Å²) >= 11 is 0. The van der Waals surface area contributed by atoms with Crippen molar-refractivity contribution >= 4 is 23.5 Å². The summed E-state index contributed by atoms with van der Waals surface area (Å²) in [6, 6.07) is 6.69. The molecule has 182 valence electrons. The fourth-order valence-electron chi connectivity index (χ4n) is 4.85. The molecule has 1 aliphatic rings. The summed E-state index contributed by atoms with van der Waals surface area (Å²) in [6.45, 7) is 12.6. The van der Waals surface area contributed by atoms with E-state index in [0.29, 0.717) is 17.9 Å². The van der Waals surface area contributed by atoms with E-state index in [-0.39, 0.29) is 29.5 Å². The fraction of sp³-hybridized carbons (Fsp3) is 0.630. The molecular formula is C27H38O6. The Labute approximate surface area is 197 Å². The quantitative estimate of drug-likeness (QED) is 0.460. The number of fused-ring (bicyclic) bond motifs is 1. The topological polar surface area (TPSA) is 97.7 Å². The maximum absolute atomic E-state index is 13.5. The highest BCUT2D eigenvalue weighted by molar-refractivity contribution is 6.17. The van der Waals surface area contributed by atoms with E-state index >= 15 is 0 Å². The molecule has 0 heterocycles. The Bertz CT molecular complexity index is 911. The third-order valence-corrected chi connectivity index (χ3v) is 6.74. The lowest BCUT2D eigenvalue weighted by Gasteiger charge is -2.37. The first kappa shape index (κ1) is 26.7. The van der Waals surface area contributed by atoms with Gasteiger partial charge in [0.15, 0.2) is 11.9 Å². The third kappa shape index (κ3) is 5.90. The molecule has 6 nitrogen and oxygen atoms in total. The van der Waals surface area contributed by atoms with Crippen LogP contribution in [0.15, 0.2) is 24.3 Å². The van der Waals surface area contributed by atoms with Crippen LogP contribution in [0.25, 0.3) is 0 Å². The highest BCUT2D eigenvalue weighted by Gasteiger charge is 2.49.